The first kappa shape index (κ1) is 7.74. The SMILES string of the molecule is O=S1(=O)CCC(CI)N1. The van der Waals surface area contributed by atoms with Crippen LogP contribution in [0, 0.1) is 0 Å². The molecule has 0 saturated carbocycles. The van der Waals surface area contributed by atoms with Gasteiger partial charge in [0.05, 0.1) is 5.75 Å². The summed E-state index contributed by atoms with van der Waals surface area (Å²) in [7, 11) is -2.86. The summed E-state index contributed by atoms with van der Waals surface area (Å²) in [5, 5.41) is 0. The van der Waals surface area contributed by atoms with E-state index in [-0.39, 0.29) is 6.04 Å². The van der Waals surface area contributed by atoms with Crippen molar-refractivity contribution in [2.24, 2.45) is 0 Å². The van der Waals surface area contributed by atoms with E-state index in [1.165, 1.54) is 0 Å². The predicted molar refractivity (Wildman–Crippen MR) is 44.2 cm³/mol. The molecule has 3 nitrogen and oxygen atoms in total. The van der Waals surface area contributed by atoms with Crippen LogP contribution in [0.1, 0.15) is 6.42 Å². The minimum Gasteiger partial charge on any atom is -0.212 e. The Bertz CT molecular complexity index is 189. The Morgan fingerprint density at radius 2 is 2.33 bits per heavy atom. The molecule has 1 N–H and O–H groups in total. The normalized spacial score (nSPS) is 32.8. The highest BCUT2D eigenvalue weighted by atomic mass is 127. The first-order chi connectivity index (χ1) is 4.14. The molecule has 1 aliphatic rings. The number of alkyl halides is 1. The Hall–Kier alpha value is 0.640. The molecule has 54 valence electrons. The number of rotatable bonds is 1. The summed E-state index contributed by atoms with van der Waals surface area (Å²) in [5.74, 6) is 0.306. The van der Waals surface area contributed by atoms with Gasteiger partial charge in [0, 0.05) is 10.5 Å². The highest BCUT2D eigenvalue weighted by molar-refractivity contribution is 14.1. The molecule has 1 aliphatic heterocycles. The standard InChI is InChI=1S/C4H8INO2S/c5-3-4-1-2-9(7,8)6-4/h4,6H,1-3H2. The molecular formula is C4H8INO2S. The molecule has 0 aromatic heterocycles. The molecule has 0 amide bonds. The molecule has 1 rings (SSSR count). The lowest BCUT2D eigenvalue weighted by Crippen LogP contribution is -2.26. The lowest BCUT2D eigenvalue weighted by atomic mass is 10.3. The second-order valence-electron chi connectivity index (χ2n) is 2.08. The maximum Gasteiger partial charge on any atom is 0.211 e. The van der Waals surface area contributed by atoms with E-state index < -0.39 is 10.0 Å². The molecule has 5 heteroatoms. The molecule has 1 saturated heterocycles. The van der Waals surface area contributed by atoms with E-state index in [1.807, 2.05) is 0 Å². The van der Waals surface area contributed by atoms with Crippen LogP contribution in [0.3, 0.4) is 0 Å². The van der Waals surface area contributed by atoms with E-state index in [9.17, 15) is 8.42 Å². The van der Waals surface area contributed by atoms with Gasteiger partial charge < -0.3 is 0 Å². The number of nitrogens with one attached hydrogen (secondary N) is 1. The molecule has 1 unspecified atom stereocenters. The van der Waals surface area contributed by atoms with E-state index in [4.69, 9.17) is 0 Å². The van der Waals surface area contributed by atoms with Crippen molar-refractivity contribution in [2.75, 3.05) is 10.2 Å². The van der Waals surface area contributed by atoms with Crippen LogP contribution in [0.2, 0.25) is 0 Å². The van der Waals surface area contributed by atoms with Crippen molar-refractivity contribution >= 4 is 32.6 Å². The molecule has 1 fully saturated rings. The van der Waals surface area contributed by atoms with Gasteiger partial charge >= 0.3 is 0 Å². The lowest BCUT2D eigenvalue weighted by Gasteiger charge is -1.99. The van der Waals surface area contributed by atoms with E-state index in [1.54, 1.807) is 0 Å². The van der Waals surface area contributed by atoms with E-state index in [0.29, 0.717) is 5.75 Å². The van der Waals surface area contributed by atoms with Gasteiger partial charge in [0.15, 0.2) is 0 Å². The summed E-state index contributed by atoms with van der Waals surface area (Å²) >= 11 is 2.18. The number of hydrogen-bond acceptors (Lipinski definition) is 2. The van der Waals surface area contributed by atoms with Crippen molar-refractivity contribution in [3.63, 3.8) is 0 Å². The lowest BCUT2D eigenvalue weighted by molar-refractivity contribution is 0.589. The zero-order chi connectivity index (χ0) is 6.91. The Kier molecular flexibility index (Phi) is 2.33. The summed E-state index contributed by atoms with van der Waals surface area (Å²) < 4.78 is 24.8. The third kappa shape index (κ3) is 2.05. The average molecular weight is 261 g/mol. The monoisotopic (exact) mass is 261 g/mol. The first-order valence-corrected chi connectivity index (χ1v) is 5.88. The average Bonchev–Trinajstić information content (AvgIpc) is 2.10. The van der Waals surface area contributed by atoms with E-state index >= 15 is 0 Å². The van der Waals surface area contributed by atoms with Gasteiger partial charge in [-0.2, -0.15) is 0 Å². The second-order valence-corrected chi connectivity index (χ2v) is 4.83. The highest BCUT2D eigenvalue weighted by Crippen LogP contribution is 2.09. The van der Waals surface area contributed by atoms with Crippen LogP contribution >= 0.6 is 22.6 Å². The van der Waals surface area contributed by atoms with Gasteiger partial charge in [-0.15, -0.1) is 0 Å². The minimum absolute atomic E-state index is 0.190. The zero-order valence-corrected chi connectivity index (χ0v) is 7.78. The van der Waals surface area contributed by atoms with Gasteiger partial charge in [-0.25, -0.2) is 13.1 Å². The smallest absolute Gasteiger partial charge is 0.211 e. The molecule has 0 aromatic rings. The molecular weight excluding hydrogens is 253 g/mol. The Morgan fingerprint density at radius 3 is 2.56 bits per heavy atom. The van der Waals surface area contributed by atoms with Crippen molar-refractivity contribution in [1.82, 2.24) is 4.72 Å². The molecule has 0 radical (unpaired) electrons. The van der Waals surface area contributed by atoms with Crippen LogP contribution in [0.15, 0.2) is 0 Å². The molecule has 9 heavy (non-hydrogen) atoms. The summed E-state index contributed by atoms with van der Waals surface area (Å²) in [6.07, 6.45) is 0.769. The maximum atomic E-state index is 10.7. The Labute approximate surface area is 68.4 Å². The first-order valence-electron chi connectivity index (χ1n) is 2.70. The van der Waals surface area contributed by atoms with Gasteiger partial charge in [-0.3, -0.25) is 0 Å². The minimum atomic E-state index is -2.86. The molecule has 0 bridgehead atoms. The van der Waals surface area contributed by atoms with Crippen LogP contribution in [0.5, 0.6) is 0 Å². The van der Waals surface area contributed by atoms with Crippen LogP contribution in [0.4, 0.5) is 0 Å². The summed E-state index contributed by atoms with van der Waals surface area (Å²) in [5.41, 5.74) is 0. The number of halogens is 1. The van der Waals surface area contributed by atoms with Gasteiger partial charge in [-0.1, -0.05) is 22.6 Å². The molecule has 0 aliphatic carbocycles. The van der Waals surface area contributed by atoms with E-state index in [2.05, 4.69) is 27.3 Å². The van der Waals surface area contributed by atoms with Crippen molar-refractivity contribution in [2.45, 2.75) is 12.5 Å². The predicted octanol–water partition coefficient (Wildman–Crippen LogP) is 0.113. The third-order valence-corrected chi connectivity index (χ3v) is 3.80. The fourth-order valence-electron chi connectivity index (χ4n) is 0.778. The van der Waals surface area contributed by atoms with Gasteiger partial charge in [0.25, 0.3) is 0 Å². The third-order valence-electron chi connectivity index (χ3n) is 1.27. The molecule has 0 aromatic carbocycles. The van der Waals surface area contributed by atoms with Gasteiger partial charge in [0.2, 0.25) is 10.0 Å². The number of sulfonamides is 1. The maximum absolute atomic E-state index is 10.7. The largest absolute Gasteiger partial charge is 0.212 e. The fraction of sp³-hybridized carbons (Fsp3) is 1.00. The summed E-state index contributed by atoms with van der Waals surface area (Å²) in [6.45, 7) is 0. The molecule has 0 spiro atoms. The summed E-state index contributed by atoms with van der Waals surface area (Å²) in [6, 6.07) is 0.190. The van der Waals surface area contributed by atoms with Crippen LogP contribution in [-0.4, -0.2) is 24.6 Å². The zero-order valence-electron chi connectivity index (χ0n) is 4.80. The van der Waals surface area contributed by atoms with Gasteiger partial charge in [-0.05, 0) is 6.42 Å². The van der Waals surface area contributed by atoms with E-state index in [0.717, 1.165) is 10.8 Å². The quantitative estimate of drug-likeness (QED) is 0.538. The van der Waals surface area contributed by atoms with Crippen molar-refractivity contribution in [3.05, 3.63) is 0 Å². The fourth-order valence-corrected chi connectivity index (χ4v) is 3.16. The van der Waals surface area contributed by atoms with Crippen LogP contribution in [-0.2, 0) is 10.0 Å². The topological polar surface area (TPSA) is 46.2 Å². The Balaban J connectivity index is 2.58. The van der Waals surface area contributed by atoms with Crippen LogP contribution in [0.25, 0.3) is 0 Å². The van der Waals surface area contributed by atoms with Crippen LogP contribution < -0.4 is 4.72 Å². The molecule has 1 heterocycles. The second kappa shape index (κ2) is 2.71. The van der Waals surface area contributed by atoms with Crippen molar-refractivity contribution < 1.29 is 8.42 Å². The Morgan fingerprint density at radius 1 is 1.67 bits per heavy atom. The highest BCUT2D eigenvalue weighted by Gasteiger charge is 2.25. The van der Waals surface area contributed by atoms with Gasteiger partial charge in [0.1, 0.15) is 0 Å². The van der Waals surface area contributed by atoms with Crippen molar-refractivity contribution in [3.8, 4) is 0 Å². The molecule has 1 atom stereocenters. The van der Waals surface area contributed by atoms with Crippen molar-refractivity contribution in [1.29, 1.82) is 0 Å². The number of hydrogen-bond donors (Lipinski definition) is 1. The summed E-state index contributed by atoms with van der Waals surface area (Å²) in [4.78, 5) is 0.